The van der Waals surface area contributed by atoms with Crippen molar-refractivity contribution in [2.45, 2.75) is 32.2 Å². The summed E-state index contributed by atoms with van der Waals surface area (Å²) in [7, 11) is 0. The molecule has 2 rings (SSSR count). The summed E-state index contributed by atoms with van der Waals surface area (Å²) in [6, 6.07) is 10.2. The highest BCUT2D eigenvalue weighted by Crippen LogP contribution is 2.22. The lowest BCUT2D eigenvalue weighted by molar-refractivity contribution is -0.141. The molecule has 102 valence electrons. The molecule has 0 saturated carbocycles. The summed E-state index contributed by atoms with van der Waals surface area (Å²) in [5.41, 5.74) is 1.25. The SMILES string of the molecule is C[C@@H](CCc1ccccc1)N1C[C@@H](C(=O)O)CC1=O. The molecule has 1 aliphatic rings. The van der Waals surface area contributed by atoms with Gasteiger partial charge in [0.2, 0.25) is 5.91 Å². The number of aliphatic carboxylic acids is 1. The number of carbonyl (C=O) groups is 2. The number of hydrogen-bond acceptors (Lipinski definition) is 2. The Morgan fingerprint density at radius 2 is 2.11 bits per heavy atom. The van der Waals surface area contributed by atoms with E-state index in [1.54, 1.807) is 4.90 Å². The number of rotatable bonds is 5. The summed E-state index contributed by atoms with van der Waals surface area (Å²) >= 11 is 0. The van der Waals surface area contributed by atoms with Gasteiger partial charge in [-0.1, -0.05) is 30.3 Å². The van der Waals surface area contributed by atoms with Crippen molar-refractivity contribution in [3.8, 4) is 0 Å². The van der Waals surface area contributed by atoms with E-state index in [0.717, 1.165) is 12.8 Å². The van der Waals surface area contributed by atoms with Crippen molar-refractivity contribution < 1.29 is 14.7 Å². The maximum atomic E-state index is 11.8. The third-order valence-corrected chi connectivity index (χ3v) is 3.73. The van der Waals surface area contributed by atoms with Crippen LogP contribution in [0.5, 0.6) is 0 Å². The minimum atomic E-state index is -0.869. The fourth-order valence-electron chi connectivity index (χ4n) is 2.50. The second-order valence-corrected chi connectivity index (χ2v) is 5.16. The number of carboxylic acid groups (broad SMARTS) is 1. The number of aryl methyl sites for hydroxylation is 1. The van der Waals surface area contributed by atoms with Gasteiger partial charge in [0.15, 0.2) is 0 Å². The molecule has 0 bridgehead atoms. The summed E-state index contributed by atoms with van der Waals surface area (Å²) in [4.78, 5) is 24.4. The van der Waals surface area contributed by atoms with Gasteiger partial charge in [-0.15, -0.1) is 0 Å². The summed E-state index contributed by atoms with van der Waals surface area (Å²) in [5, 5.41) is 8.96. The van der Waals surface area contributed by atoms with Gasteiger partial charge in [0, 0.05) is 19.0 Å². The average molecular weight is 261 g/mol. The van der Waals surface area contributed by atoms with Gasteiger partial charge in [-0.05, 0) is 25.3 Å². The van der Waals surface area contributed by atoms with Crippen molar-refractivity contribution in [1.29, 1.82) is 0 Å². The Balaban J connectivity index is 1.88. The highest BCUT2D eigenvalue weighted by Gasteiger charge is 2.36. The summed E-state index contributed by atoms with van der Waals surface area (Å²) in [6.45, 7) is 2.34. The van der Waals surface area contributed by atoms with Crippen molar-refractivity contribution in [2.24, 2.45) is 5.92 Å². The van der Waals surface area contributed by atoms with Gasteiger partial charge in [-0.2, -0.15) is 0 Å². The highest BCUT2D eigenvalue weighted by molar-refractivity contribution is 5.86. The Kier molecular flexibility index (Phi) is 4.20. The van der Waals surface area contributed by atoms with Crippen molar-refractivity contribution in [3.63, 3.8) is 0 Å². The van der Waals surface area contributed by atoms with E-state index in [0.29, 0.717) is 6.54 Å². The monoisotopic (exact) mass is 261 g/mol. The molecule has 1 fully saturated rings. The lowest BCUT2D eigenvalue weighted by Crippen LogP contribution is -2.35. The van der Waals surface area contributed by atoms with Crippen LogP contribution in [0.1, 0.15) is 25.3 Å². The fraction of sp³-hybridized carbons (Fsp3) is 0.467. The summed E-state index contributed by atoms with van der Waals surface area (Å²) in [5.74, 6) is -1.44. The third kappa shape index (κ3) is 3.34. The number of amides is 1. The molecule has 0 spiro atoms. The van der Waals surface area contributed by atoms with E-state index in [9.17, 15) is 9.59 Å². The van der Waals surface area contributed by atoms with Crippen LogP contribution < -0.4 is 0 Å². The van der Waals surface area contributed by atoms with Crippen molar-refractivity contribution >= 4 is 11.9 Å². The maximum Gasteiger partial charge on any atom is 0.308 e. The van der Waals surface area contributed by atoms with Crippen LogP contribution in [0.3, 0.4) is 0 Å². The van der Waals surface area contributed by atoms with E-state index >= 15 is 0 Å². The van der Waals surface area contributed by atoms with E-state index < -0.39 is 11.9 Å². The van der Waals surface area contributed by atoms with Crippen LogP contribution in [0.4, 0.5) is 0 Å². The second kappa shape index (κ2) is 5.87. The minimum absolute atomic E-state index is 0.0343. The zero-order valence-electron chi connectivity index (χ0n) is 11.1. The first-order chi connectivity index (χ1) is 9.08. The first kappa shape index (κ1) is 13.6. The van der Waals surface area contributed by atoms with Crippen molar-refractivity contribution in [3.05, 3.63) is 35.9 Å². The number of benzene rings is 1. The van der Waals surface area contributed by atoms with E-state index in [1.807, 2.05) is 25.1 Å². The van der Waals surface area contributed by atoms with Crippen LogP contribution in [-0.2, 0) is 16.0 Å². The molecule has 0 aromatic heterocycles. The fourth-order valence-corrected chi connectivity index (χ4v) is 2.50. The van der Waals surface area contributed by atoms with Gasteiger partial charge >= 0.3 is 5.97 Å². The molecule has 19 heavy (non-hydrogen) atoms. The number of carbonyl (C=O) groups excluding carboxylic acids is 1. The Morgan fingerprint density at radius 1 is 1.42 bits per heavy atom. The van der Waals surface area contributed by atoms with Crippen LogP contribution in [-0.4, -0.2) is 34.5 Å². The third-order valence-electron chi connectivity index (χ3n) is 3.73. The molecule has 0 unspecified atom stereocenters. The summed E-state index contributed by atoms with van der Waals surface area (Å²) in [6.07, 6.45) is 1.91. The zero-order valence-corrected chi connectivity index (χ0v) is 11.1. The van der Waals surface area contributed by atoms with Gasteiger partial charge in [0.05, 0.1) is 5.92 Å². The van der Waals surface area contributed by atoms with Crippen LogP contribution in [0.2, 0.25) is 0 Å². The molecule has 4 heteroatoms. The molecule has 1 aromatic carbocycles. The van der Waals surface area contributed by atoms with Crippen LogP contribution in [0, 0.1) is 5.92 Å². The first-order valence-electron chi connectivity index (χ1n) is 6.64. The number of nitrogens with zero attached hydrogens (tertiary/aromatic N) is 1. The predicted molar refractivity (Wildman–Crippen MR) is 71.7 cm³/mol. The van der Waals surface area contributed by atoms with Gasteiger partial charge in [0.1, 0.15) is 0 Å². The maximum absolute atomic E-state index is 11.8. The van der Waals surface area contributed by atoms with Crippen molar-refractivity contribution in [2.75, 3.05) is 6.54 Å². The molecule has 1 saturated heterocycles. The molecule has 1 amide bonds. The van der Waals surface area contributed by atoms with Gasteiger partial charge in [-0.25, -0.2) is 0 Å². The minimum Gasteiger partial charge on any atom is -0.481 e. The predicted octanol–water partition coefficient (Wildman–Crippen LogP) is 1.94. The molecule has 0 aliphatic carbocycles. The Hall–Kier alpha value is -1.84. The zero-order chi connectivity index (χ0) is 13.8. The van der Waals surface area contributed by atoms with Gasteiger partial charge in [0.25, 0.3) is 0 Å². The molecule has 0 radical (unpaired) electrons. The largest absolute Gasteiger partial charge is 0.481 e. The number of hydrogen-bond donors (Lipinski definition) is 1. The normalized spacial score (nSPS) is 20.6. The Labute approximate surface area is 113 Å². The molecular weight excluding hydrogens is 242 g/mol. The summed E-state index contributed by atoms with van der Waals surface area (Å²) < 4.78 is 0. The first-order valence-corrected chi connectivity index (χ1v) is 6.64. The standard InChI is InChI=1S/C15H19NO3/c1-11(7-8-12-5-3-2-4-6-12)16-10-13(15(18)19)9-14(16)17/h2-6,11,13H,7-10H2,1H3,(H,18,19)/t11-,13-/m0/s1. The molecule has 1 N–H and O–H groups in total. The van der Waals surface area contributed by atoms with Crippen LogP contribution >= 0.6 is 0 Å². The highest BCUT2D eigenvalue weighted by atomic mass is 16.4. The molecule has 1 aliphatic heterocycles. The molecule has 4 nitrogen and oxygen atoms in total. The smallest absolute Gasteiger partial charge is 0.308 e. The van der Waals surface area contributed by atoms with Crippen molar-refractivity contribution in [1.82, 2.24) is 4.90 Å². The van der Waals surface area contributed by atoms with Gasteiger partial charge in [-0.3, -0.25) is 9.59 Å². The molecule has 2 atom stereocenters. The molecular formula is C15H19NO3. The van der Waals surface area contributed by atoms with E-state index in [1.165, 1.54) is 5.56 Å². The lowest BCUT2D eigenvalue weighted by Gasteiger charge is -2.24. The quantitative estimate of drug-likeness (QED) is 0.881. The number of likely N-dealkylation sites (tertiary alicyclic amines) is 1. The van der Waals surface area contributed by atoms with E-state index in [-0.39, 0.29) is 18.4 Å². The molecule has 1 heterocycles. The average Bonchev–Trinajstić information content (AvgIpc) is 2.80. The lowest BCUT2D eigenvalue weighted by atomic mass is 10.1. The number of carboxylic acids is 1. The molecule has 1 aromatic rings. The Morgan fingerprint density at radius 3 is 2.68 bits per heavy atom. The Bertz CT molecular complexity index is 458. The second-order valence-electron chi connectivity index (χ2n) is 5.16. The van der Waals surface area contributed by atoms with Crippen LogP contribution in [0.25, 0.3) is 0 Å². The van der Waals surface area contributed by atoms with E-state index in [2.05, 4.69) is 12.1 Å². The van der Waals surface area contributed by atoms with Gasteiger partial charge < -0.3 is 10.0 Å². The van der Waals surface area contributed by atoms with Crippen LogP contribution in [0.15, 0.2) is 30.3 Å². The van der Waals surface area contributed by atoms with E-state index in [4.69, 9.17) is 5.11 Å². The topological polar surface area (TPSA) is 57.6 Å².